The van der Waals surface area contributed by atoms with Crippen LogP contribution >= 0.6 is 0 Å². The highest BCUT2D eigenvalue weighted by Gasteiger charge is 2.06. The lowest BCUT2D eigenvalue weighted by Crippen LogP contribution is -2.08. The zero-order chi connectivity index (χ0) is 14.5. The first kappa shape index (κ1) is 13.9. The molecule has 0 aliphatic heterocycles. The van der Waals surface area contributed by atoms with E-state index in [0.717, 1.165) is 11.3 Å². The van der Waals surface area contributed by atoms with Crippen LogP contribution in [-0.2, 0) is 0 Å². The summed E-state index contributed by atoms with van der Waals surface area (Å²) in [7, 11) is 3.94. The van der Waals surface area contributed by atoms with Gasteiger partial charge in [-0.25, -0.2) is 0 Å². The van der Waals surface area contributed by atoms with Crippen molar-refractivity contribution in [3.8, 4) is 5.75 Å². The SMILES string of the molecule is CN(C)c1cccc(/C=C/C(=O)c2ccccc2O)c1. The van der Waals surface area contributed by atoms with E-state index in [1.165, 1.54) is 12.1 Å². The molecule has 0 aliphatic carbocycles. The molecule has 0 radical (unpaired) electrons. The fourth-order valence-electron chi connectivity index (χ4n) is 1.85. The fraction of sp³-hybridized carbons (Fsp3) is 0.118. The third-order valence-electron chi connectivity index (χ3n) is 2.98. The van der Waals surface area contributed by atoms with E-state index in [0.29, 0.717) is 5.56 Å². The Hall–Kier alpha value is -2.55. The van der Waals surface area contributed by atoms with E-state index in [9.17, 15) is 9.90 Å². The predicted octanol–water partition coefficient (Wildman–Crippen LogP) is 3.35. The summed E-state index contributed by atoms with van der Waals surface area (Å²) < 4.78 is 0. The highest BCUT2D eigenvalue weighted by Crippen LogP contribution is 2.18. The molecule has 102 valence electrons. The molecule has 2 aromatic carbocycles. The third-order valence-corrected chi connectivity index (χ3v) is 2.98. The molecule has 20 heavy (non-hydrogen) atoms. The van der Waals surface area contributed by atoms with Crippen LogP contribution in [0.2, 0.25) is 0 Å². The van der Waals surface area contributed by atoms with Gasteiger partial charge in [-0.2, -0.15) is 0 Å². The monoisotopic (exact) mass is 267 g/mol. The van der Waals surface area contributed by atoms with Crippen LogP contribution in [0.3, 0.4) is 0 Å². The standard InChI is InChI=1S/C17H17NO2/c1-18(2)14-7-5-6-13(12-14)10-11-17(20)15-8-3-4-9-16(15)19/h3-12,19H,1-2H3/b11-10+. The summed E-state index contributed by atoms with van der Waals surface area (Å²) in [5.41, 5.74) is 2.33. The van der Waals surface area contributed by atoms with E-state index >= 15 is 0 Å². The Morgan fingerprint density at radius 1 is 1.10 bits per heavy atom. The molecule has 0 unspecified atom stereocenters. The maximum absolute atomic E-state index is 12.0. The van der Waals surface area contributed by atoms with Gasteiger partial charge in [0.05, 0.1) is 5.56 Å². The number of aromatic hydroxyl groups is 1. The Morgan fingerprint density at radius 2 is 1.85 bits per heavy atom. The molecule has 2 aromatic rings. The van der Waals surface area contributed by atoms with Gasteiger partial charge in [0, 0.05) is 19.8 Å². The van der Waals surface area contributed by atoms with E-state index in [2.05, 4.69) is 0 Å². The number of benzene rings is 2. The second-order valence-electron chi connectivity index (χ2n) is 4.70. The second kappa shape index (κ2) is 6.06. The van der Waals surface area contributed by atoms with Crippen LogP contribution in [0.5, 0.6) is 5.75 Å². The summed E-state index contributed by atoms with van der Waals surface area (Å²) in [5.74, 6) is -0.206. The van der Waals surface area contributed by atoms with Gasteiger partial charge in [0.1, 0.15) is 5.75 Å². The van der Waals surface area contributed by atoms with Crippen molar-refractivity contribution in [3.05, 3.63) is 65.7 Å². The van der Waals surface area contributed by atoms with Crippen molar-refractivity contribution >= 4 is 17.5 Å². The van der Waals surface area contributed by atoms with Gasteiger partial charge >= 0.3 is 0 Å². The van der Waals surface area contributed by atoms with Crippen LogP contribution in [0.15, 0.2) is 54.6 Å². The normalized spacial score (nSPS) is 10.7. The molecule has 0 saturated heterocycles. The van der Waals surface area contributed by atoms with Gasteiger partial charge in [0.2, 0.25) is 0 Å². The minimum atomic E-state index is -0.210. The average molecular weight is 267 g/mol. The molecule has 0 amide bonds. The molecule has 0 saturated carbocycles. The molecule has 0 atom stereocenters. The van der Waals surface area contributed by atoms with E-state index < -0.39 is 0 Å². The smallest absolute Gasteiger partial charge is 0.189 e. The minimum absolute atomic E-state index is 0.00388. The third kappa shape index (κ3) is 3.26. The van der Waals surface area contributed by atoms with Gasteiger partial charge < -0.3 is 10.0 Å². The number of anilines is 1. The summed E-state index contributed by atoms with van der Waals surface area (Å²) in [6.07, 6.45) is 3.23. The van der Waals surface area contributed by atoms with Crippen molar-refractivity contribution < 1.29 is 9.90 Å². The lowest BCUT2D eigenvalue weighted by Gasteiger charge is -2.12. The summed E-state index contributed by atoms with van der Waals surface area (Å²) in [4.78, 5) is 14.0. The number of rotatable bonds is 4. The number of phenols is 1. The van der Waals surface area contributed by atoms with Gasteiger partial charge in [-0.05, 0) is 35.9 Å². The molecule has 0 fully saturated rings. The number of phenolic OH excluding ortho intramolecular Hbond substituents is 1. The van der Waals surface area contributed by atoms with Gasteiger partial charge in [0.25, 0.3) is 0 Å². The van der Waals surface area contributed by atoms with Crippen LogP contribution in [0.1, 0.15) is 15.9 Å². The Morgan fingerprint density at radius 3 is 2.55 bits per heavy atom. The lowest BCUT2D eigenvalue weighted by molar-refractivity contribution is 0.104. The highest BCUT2D eigenvalue weighted by molar-refractivity contribution is 6.08. The molecule has 3 nitrogen and oxygen atoms in total. The van der Waals surface area contributed by atoms with E-state index in [4.69, 9.17) is 0 Å². The number of para-hydroxylation sites is 1. The molecule has 0 aromatic heterocycles. The maximum Gasteiger partial charge on any atom is 0.189 e. The van der Waals surface area contributed by atoms with E-state index in [-0.39, 0.29) is 11.5 Å². The van der Waals surface area contributed by atoms with Crippen LogP contribution in [-0.4, -0.2) is 25.0 Å². The number of carbonyl (C=O) groups excluding carboxylic acids is 1. The summed E-state index contributed by atoms with van der Waals surface area (Å²) >= 11 is 0. The average Bonchev–Trinajstić information content (AvgIpc) is 2.45. The van der Waals surface area contributed by atoms with Gasteiger partial charge in [-0.3, -0.25) is 4.79 Å². The number of carbonyl (C=O) groups is 1. The molecule has 0 bridgehead atoms. The van der Waals surface area contributed by atoms with Crippen LogP contribution in [0, 0.1) is 0 Å². The van der Waals surface area contributed by atoms with Crippen LogP contribution in [0.25, 0.3) is 6.08 Å². The van der Waals surface area contributed by atoms with Gasteiger partial charge in [-0.1, -0.05) is 30.3 Å². The Labute approximate surface area is 118 Å². The van der Waals surface area contributed by atoms with Gasteiger partial charge in [-0.15, -0.1) is 0 Å². The number of allylic oxidation sites excluding steroid dienone is 1. The van der Waals surface area contributed by atoms with Crippen molar-refractivity contribution in [2.24, 2.45) is 0 Å². The lowest BCUT2D eigenvalue weighted by atomic mass is 10.1. The second-order valence-corrected chi connectivity index (χ2v) is 4.70. The number of ketones is 1. The van der Waals surface area contributed by atoms with E-state index in [1.807, 2.05) is 43.3 Å². The first-order valence-corrected chi connectivity index (χ1v) is 6.36. The Kier molecular flexibility index (Phi) is 4.20. The van der Waals surface area contributed by atoms with Crippen molar-refractivity contribution in [1.29, 1.82) is 0 Å². The van der Waals surface area contributed by atoms with E-state index in [1.54, 1.807) is 24.3 Å². The Balaban J connectivity index is 2.19. The topological polar surface area (TPSA) is 40.5 Å². The first-order chi connectivity index (χ1) is 9.58. The molecule has 0 spiro atoms. The predicted molar refractivity (Wildman–Crippen MR) is 82.2 cm³/mol. The molecular formula is C17H17NO2. The summed E-state index contributed by atoms with van der Waals surface area (Å²) in [6.45, 7) is 0. The zero-order valence-corrected chi connectivity index (χ0v) is 11.6. The number of hydrogen-bond donors (Lipinski definition) is 1. The zero-order valence-electron chi connectivity index (χ0n) is 11.6. The van der Waals surface area contributed by atoms with Crippen molar-refractivity contribution in [2.75, 3.05) is 19.0 Å². The fourth-order valence-corrected chi connectivity index (χ4v) is 1.85. The number of nitrogens with zero attached hydrogens (tertiary/aromatic N) is 1. The highest BCUT2D eigenvalue weighted by atomic mass is 16.3. The molecule has 2 rings (SSSR count). The quantitative estimate of drug-likeness (QED) is 0.682. The van der Waals surface area contributed by atoms with Crippen molar-refractivity contribution in [3.63, 3.8) is 0 Å². The number of hydrogen-bond acceptors (Lipinski definition) is 3. The summed E-state index contributed by atoms with van der Waals surface area (Å²) in [6, 6.07) is 14.4. The largest absolute Gasteiger partial charge is 0.507 e. The Bertz CT molecular complexity index is 645. The molecule has 3 heteroatoms. The van der Waals surface area contributed by atoms with Crippen LogP contribution in [0.4, 0.5) is 5.69 Å². The molecular weight excluding hydrogens is 250 g/mol. The van der Waals surface area contributed by atoms with Crippen molar-refractivity contribution in [1.82, 2.24) is 0 Å². The minimum Gasteiger partial charge on any atom is -0.507 e. The first-order valence-electron chi connectivity index (χ1n) is 6.36. The van der Waals surface area contributed by atoms with Crippen LogP contribution < -0.4 is 4.90 Å². The molecule has 0 heterocycles. The van der Waals surface area contributed by atoms with Crippen molar-refractivity contribution in [2.45, 2.75) is 0 Å². The summed E-state index contributed by atoms with van der Waals surface area (Å²) in [5, 5.41) is 9.63. The molecule has 1 N–H and O–H groups in total. The van der Waals surface area contributed by atoms with Gasteiger partial charge in [0.15, 0.2) is 5.78 Å². The maximum atomic E-state index is 12.0. The molecule has 0 aliphatic rings.